The highest BCUT2D eigenvalue weighted by atomic mass is 32.1. The molecular weight excluding hydrogens is 344 g/mol. The smallest absolute Gasteiger partial charge is 0.153 e. The Balaban J connectivity index is 1.51. The number of aromatic nitrogens is 4. The molecule has 26 heavy (non-hydrogen) atoms. The molecule has 4 heterocycles. The quantitative estimate of drug-likeness (QED) is 0.742. The summed E-state index contributed by atoms with van der Waals surface area (Å²) < 4.78 is 0. The van der Waals surface area contributed by atoms with Crippen molar-refractivity contribution < 1.29 is 0 Å². The van der Waals surface area contributed by atoms with Crippen molar-refractivity contribution in [2.24, 2.45) is 0 Å². The van der Waals surface area contributed by atoms with Crippen molar-refractivity contribution in [3.8, 4) is 0 Å². The number of likely N-dealkylation sites (tertiary alicyclic amines) is 1. The second-order valence-corrected chi connectivity index (χ2v) is 7.59. The monoisotopic (exact) mass is 366 g/mol. The molecule has 0 aromatic carbocycles. The van der Waals surface area contributed by atoms with Gasteiger partial charge in [-0.1, -0.05) is 6.07 Å². The lowest BCUT2D eigenvalue weighted by atomic mass is 9.94. The molecule has 0 unspecified atom stereocenters. The summed E-state index contributed by atoms with van der Waals surface area (Å²) in [7, 11) is 0. The van der Waals surface area contributed by atoms with Crippen LogP contribution in [0.5, 0.6) is 0 Å². The van der Waals surface area contributed by atoms with Gasteiger partial charge in [0.1, 0.15) is 5.82 Å². The van der Waals surface area contributed by atoms with E-state index in [4.69, 9.17) is 0 Å². The number of thiazole rings is 1. The topological polar surface area (TPSA) is 66.8 Å². The number of nitrogens with one attached hydrogen (secondary N) is 1. The van der Waals surface area contributed by atoms with E-state index < -0.39 is 0 Å². The van der Waals surface area contributed by atoms with E-state index >= 15 is 0 Å². The summed E-state index contributed by atoms with van der Waals surface area (Å²) in [5.41, 5.74) is 3.91. The van der Waals surface area contributed by atoms with Gasteiger partial charge in [-0.05, 0) is 38.4 Å². The van der Waals surface area contributed by atoms with Gasteiger partial charge < -0.3 is 5.32 Å². The van der Waals surface area contributed by atoms with E-state index in [1.54, 1.807) is 23.7 Å². The molecule has 0 bridgehead atoms. The summed E-state index contributed by atoms with van der Waals surface area (Å²) in [6, 6.07) is 5.95. The third-order valence-electron chi connectivity index (χ3n) is 4.62. The van der Waals surface area contributed by atoms with E-state index in [0.29, 0.717) is 5.92 Å². The molecule has 7 heteroatoms. The lowest BCUT2D eigenvalue weighted by molar-refractivity contribution is 0.200. The lowest BCUT2D eigenvalue weighted by Gasteiger charge is -2.32. The molecule has 0 amide bonds. The van der Waals surface area contributed by atoms with E-state index in [1.807, 2.05) is 36.8 Å². The van der Waals surface area contributed by atoms with E-state index in [-0.39, 0.29) is 0 Å². The van der Waals surface area contributed by atoms with Crippen LogP contribution in [0.4, 0.5) is 11.6 Å². The molecule has 0 saturated carbocycles. The zero-order valence-corrected chi connectivity index (χ0v) is 15.6. The first-order valence-corrected chi connectivity index (χ1v) is 9.77. The maximum atomic E-state index is 4.66. The first kappa shape index (κ1) is 17.1. The minimum absolute atomic E-state index is 0.373. The average molecular weight is 366 g/mol. The maximum absolute atomic E-state index is 4.66. The zero-order valence-electron chi connectivity index (χ0n) is 14.8. The second-order valence-electron chi connectivity index (χ2n) is 6.62. The van der Waals surface area contributed by atoms with Crippen LogP contribution in [0.25, 0.3) is 0 Å². The third kappa shape index (κ3) is 4.05. The molecule has 1 aliphatic rings. The van der Waals surface area contributed by atoms with Crippen molar-refractivity contribution in [2.45, 2.75) is 32.2 Å². The number of nitrogens with zero attached hydrogens (tertiary/aromatic N) is 5. The predicted octanol–water partition coefficient (Wildman–Crippen LogP) is 3.76. The van der Waals surface area contributed by atoms with Gasteiger partial charge in [0.15, 0.2) is 5.82 Å². The van der Waals surface area contributed by atoms with Gasteiger partial charge in [-0.15, -0.1) is 11.3 Å². The summed E-state index contributed by atoms with van der Waals surface area (Å²) in [6.45, 7) is 5.06. The molecule has 6 nitrogen and oxygen atoms in total. The minimum Gasteiger partial charge on any atom is -0.323 e. The van der Waals surface area contributed by atoms with Gasteiger partial charge >= 0.3 is 0 Å². The van der Waals surface area contributed by atoms with Crippen LogP contribution in [0.3, 0.4) is 0 Å². The Kier molecular flexibility index (Phi) is 5.17. The van der Waals surface area contributed by atoms with Crippen LogP contribution in [-0.4, -0.2) is 37.9 Å². The van der Waals surface area contributed by atoms with E-state index in [2.05, 4.69) is 30.2 Å². The molecule has 0 radical (unpaired) electrons. The Bertz CT molecular complexity index is 851. The first-order chi connectivity index (χ1) is 12.8. The molecule has 4 rings (SSSR count). The summed E-state index contributed by atoms with van der Waals surface area (Å²) >= 11 is 1.72. The normalized spacial score (nSPS) is 18.0. The Morgan fingerprint density at radius 2 is 2.19 bits per heavy atom. The maximum Gasteiger partial charge on any atom is 0.153 e. The number of anilines is 2. The van der Waals surface area contributed by atoms with Gasteiger partial charge in [-0.3, -0.25) is 14.9 Å². The van der Waals surface area contributed by atoms with Gasteiger partial charge in [0.05, 0.1) is 11.2 Å². The fourth-order valence-electron chi connectivity index (χ4n) is 3.44. The van der Waals surface area contributed by atoms with Crippen LogP contribution < -0.4 is 5.32 Å². The van der Waals surface area contributed by atoms with Crippen molar-refractivity contribution in [1.29, 1.82) is 0 Å². The number of hydrogen-bond donors (Lipinski definition) is 1. The van der Waals surface area contributed by atoms with Gasteiger partial charge in [-0.25, -0.2) is 9.97 Å². The lowest BCUT2D eigenvalue weighted by Crippen LogP contribution is -2.34. The average Bonchev–Trinajstić information content (AvgIpc) is 3.15. The molecule has 1 N–H and O–H groups in total. The van der Waals surface area contributed by atoms with Crippen LogP contribution in [0, 0.1) is 6.92 Å². The van der Waals surface area contributed by atoms with Crippen molar-refractivity contribution >= 4 is 23.0 Å². The summed E-state index contributed by atoms with van der Waals surface area (Å²) in [4.78, 5) is 21.7. The fourth-order valence-corrected chi connectivity index (χ4v) is 4.08. The minimum atomic E-state index is 0.373. The van der Waals surface area contributed by atoms with Gasteiger partial charge in [0.25, 0.3) is 0 Å². The van der Waals surface area contributed by atoms with Crippen LogP contribution in [0.15, 0.2) is 42.3 Å². The van der Waals surface area contributed by atoms with Crippen molar-refractivity contribution in [1.82, 2.24) is 24.8 Å². The Morgan fingerprint density at radius 1 is 1.27 bits per heavy atom. The van der Waals surface area contributed by atoms with Crippen LogP contribution in [0.2, 0.25) is 0 Å². The van der Waals surface area contributed by atoms with Gasteiger partial charge in [0, 0.05) is 48.2 Å². The standard InChI is InChI=1S/C19H22N6S/c1-14-4-2-6-17(23-14)24-19-18(21-7-8-22-19)15-5-3-9-25(11-15)12-16-10-20-13-26-16/h2,4,6-8,10,13,15H,3,5,9,11-12H2,1H3,(H,22,23,24)/t15-/m0/s1. The van der Waals surface area contributed by atoms with Gasteiger partial charge in [-0.2, -0.15) is 0 Å². The largest absolute Gasteiger partial charge is 0.323 e. The highest BCUT2D eigenvalue weighted by Gasteiger charge is 2.25. The van der Waals surface area contributed by atoms with E-state index in [9.17, 15) is 0 Å². The summed E-state index contributed by atoms with van der Waals surface area (Å²) in [5.74, 6) is 2.00. The Hall–Kier alpha value is -2.38. The SMILES string of the molecule is Cc1cccc(Nc2nccnc2[C@H]2CCCN(Cc3cncs3)C2)n1. The van der Waals surface area contributed by atoms with Crippen molar-refractivity contribution in [3.05, 3.63) is 58.6 Å². The fraction of sp³-hybridized carbons (Fsp3) is 0.368. The molecule has 1 aliphatic heterocycles. The molecule has 0 spiro atoms. The molecule has 3 aromatic rings. The number of rotatable bonds is 5. The molecule has 3 aromatic heterocycles. The highest BCUT2D eigenvalue weighted by Crippen LogP contribution is 2.31. The Morgan fingerprint density at radius 3 is 3.04 bits per heavy atom. The van der Waals surface area contributed by atoms with Crippen molar-refractivity contribution in [2.75, 3.05) is 18.4 Å². The molecular formula is C19H22N6S. The molecule has 1 fully saturated rings. The van der Waals surface area contributed by atoms with Crippen LogP contribution >= 0.6 is 11.3 Å². The van der Waals surface area contributed by atoms with Crippen molar-refractivity contribution in [3.63, 3.8) is 0 Å². The van der Waals surface area contributed by atoms with Gasteiger partial charge in [0.2, 0.25) is 0 Å². The second kappa shape index (κ2) is 7.88. The van der Waals surface area contributed by atoms with Crippen LogP contribution in [-0.2, 0) is 6.54 Å². The molecule has 1 atom stereocenters. The summed E-state index contributed by atoms with van der Waals surface area (Å²) in [5, 5.41) is 3.36. The Labute approximate surface area is 157 Å². The first-order valence-electron chi connectivity index (χ1n) is 8.89. The van der Waals surface area contributed by atoms with E-state index in [0.717, 1.165) is 49.1 Å². The molecule has 0 aliphatic carbocycles. The molecule has 1 saturated heterocycles. The zero-order chi connectivity index (χ0) is 17.8. The number of aryl methyl sites for hydroxylation is 1. The number of hydrogen-bond acceptors (Lipinski definition) is 7. The number of piperidine rings is 1. The summed E-state index contributed by atoms with van der Waals surface area (Å²) in [6.07, 6.45) is 7.79. The van der Waals surface area contributed by atoms with E-state index in [1.165, 1.54) is 11.3 Å². The predicted molar refractivity (Wildman–Crippen MR) is 104 cm³/mol. The highest BCUT2D eigenvalue weighted by molar-refractivity contribution is 7.09. The third-order valence-corrected chi connectivity index (χ3v) is 5.38. The molecule has 134 valence electrons. The van der Waals surface area contributed by atoms with Crippen LogP contribution in [0.1, 0.15) is 35.0 Å². The number of pyridine rings is 1.